The number of aryl methyl sites for hydroxylation is 1. The molecular weight excluding hydrogens is 388 g/mol. The molecule has 31 heavy (non-hydrogen) atoms. The number of unbranched alkanes of at least 4 members (excludes halogenated alkanes) is 5. The molecule has 0 amide bonds. The van der Waals surface area contributed by atoms with Crippen LogP contribution in [-0.4, -0.2) is 23.4 Å². The van der Waals surface area contributed by atoms with E-state index in [2.05, 4.69) is 30.0 Å². The van der Waals surface area contributed by atoms with Gasteiger partial charge in [0.15, 0.2) is 0 Å². The van der Waals surface area contributed by atoms with Gasteiger partial charge in [-0.25, -0.2) is 0 Å². The van der Waals surface area contributed by atoms with Crippen molar-refractivity contribution in [1.29, 1.82) is 0 Å². The minimum atomic E-state index is -0.383. The maximum absolute atomic E-state index is 6.11. The lowest BCUT2D eigenvalue weighted by molar-refractivity contribution is 0.295. The highest BCUT2D eigenvalue weighted by molar-refractivity contribution is 5.66. The van der Waals surface area contributed by atoms with Crippen LogP contribution in [0.3, 0.4) is 0 Å². The Morgan fingerprint density at radius 3 is 2.26 bits per heavy atom. The van der Waals surface area contributed by atoms with E-state index in [4.69, 9.17) is 20.3 Å². The van der Waals surface area contributed by atoms with Crippen molar-refractivity contribution in [3.05, 3.63) is 23.6 Å². The molecule has 5 nitrogen and oxygen atoms in total. The largest absolute Gasteiger partial charge is 0.493 e. The van der Waals surface area contributed by atoms with Gasteiger partial charge in [0, 0.05) is 6.42 Å². The van der Waals surface area contributed by atoms with Crippen LogP contribution >= 0.6 is 0 Å². The highest BCUT2D eigenvalue weighted by atomic mass is 16.5. The number of terminal acetylenes is 1. The zero-order valence-corrected chi connectivity index (χ0v) is 19.9. The molecule has 0 radical (unpaired) electrons. The maximum Gasteiger partial charge on any atom is 0.251 e. The van der Waals surface area contributed by atoms with Crippen molar-refractivity contribution in [2.24, 2.45) is 0 Å². The number of nitrogens with zero attached hydrogens (tertiary/aromatic N) is 2. The Kier molecular flexibility index (Phi) is 9.91. The van der Waals surface area contributed by atoms with Gasteiger partial charge in [-0.15, -0.1) is 22.5 Å². The van der Waals surface area contributed by atoms with Crippen LogP contribution < -0.4 is 9.47 Å². The van der Waals surface area contributed by atoms with Crippen LogP contribution in [0.25, 0.3) is 11.5 Å². The summed E-state index contributed by atoms with van der Waals surface area (Å²) in [6.07, 6.45) is 14.0. The smallest absolute Gasteiger partial charge is 0.251 e. The average Bonchev–Trinajstić information content (AvgIpc) is 3.23. The molecule has 0 unspecified atom stereocenters. The van der Waals surface area contributed by atoms with Crippen LogP contribution in [0.4, 0.5) is 0 Å². The summed E-state index contributed by atoms with van der Waals surface area (Å²) in [5, 5.41) is 8.58. The molecule has 2 aromatic rings. The summed E-state index contributed by atoms with van der Waals surface area (Å²) >= 11 is 0. The predicted molar refractivity (Wildman–Crippen MR) is 126 cm³/mol. The third-order valence-electron chi connectivity index (χ3n) is 5.32. The van der Waals surface area contributed by atoms with E-state index in [1.54, 1.807) is 0 Å². The van der Waals surface area contributed by atoms with Gasteiger partial charge in [-0.1, -0.05) is 59.8 Å². The van der Waals surface area contributed by atoms with Crippen molar-refractivity contribution in [3.63, 3.8) is 0 Å². The lowest BCUT2D eigenvalue weighted by Gasteiger charge is -2.16. The number of rotatable bonds is 14. The maximum atomic E-state index is 6.11. The minimum Gasteiger partial charge on any atom is -0.493 e. The number of benzene rings is 1. The Bertz CT molecular complexity index is 849. The highest BCUT2D eigenvalue weighted by Gasteiger charge is 2.28. The molecule has 0 N–H and O–H groups in total. The molecule has 1 heterocycles. The fraction of sp³-hybridized carbons (Fsp3) is 0.615. The predicted octanol–water partition coefficient (Wildman–Crippen LogP) is 6.87. The molecule has 170 valence electrons. The molecule has 1 aromatic carbocycles. The van der Waals surface area contributed by atoms with Crippen LogP contribution in [0, 0.1) is 19.3 Å². The van der Waals surface area contributed by atoms with Crippen molar-refractivity contribution in [2.75, 3.05) is 13.2 Å². The van der Waals surface area contributed by atoms with Gasteiger partial charge in [-0.2, -0.15) is 0 Å². The summed E-state index contributed by atoms with van der Waals surface area (Å²) in [7, 11) is 0. The zero-order chi connectivity index (χ0) is 22.7. The standard InChI is InChI=1S/C26H38N2O3/c1-7-10-12-14-17-29-22-19-21(23(18-20(22)4)30-16-13-11-8-2)24-27-28-25(31-24)26(5,6)15-9-3/h3,18-19H,7-8,10-17H2,1-2,4-6H3. The van der Waals surface area contributed by atoms with Crippen LogP contribution in [0.1, 0.15) is 90.5 Å². The van der Waals surface area contributed by atoms with Crippen LogP contribution in [0.2, 0.25) is 0 Å². The van der Waals surface area contributed by atoms with E-state index in [0.29, 0.717) is 31.4 Å². The van der Waals surface area contributed by atoms with E-state index < -0.39 is 0 Å². The third-order valence-corrected chi connectivity index (χ3v) is 5.32. The third kappa shape index (κ3) is 7.31. The second kappa shape index (κ2) is 12.4. The van der Waals surface area contributed by atoms with Gasteiger partial charge in [0.25, 0.3) is 5.89 Å². The molecule has 1 aromatic heterocycles. The van der Waals surface area contributed by atoms with E-state index in [-0.39, 0.29) is 5.41 Å². The van der Waals surface area contributed by atoms with Crippen LogP contribution in [0.15, 0.2) is 16.5 Å². The van der Waals surface area contributed by atoms with Gasteiger partial charge >= 0.3 is 0 Å². The fourth-order valence-electron chi connectivity index (χ4n) is 3.29. The first-order valence-corrected chi connectivity index (χ1v) is 11.6. The second-order valence-corrected chi connectivity index (χ2v) is 8.76. The van der Waals surface area contributed by atoms with Crippen molar-refractivity contribution >= 4 is 0 Å². The van der Waals surface area contributed by atoms with E-state index in [1.807, 2.05) is 32.9 Å². The first-order valence-electron chi connectivity index (χ1n) is 11.6. The molecule has 0 aliphatic rings. The minimum absolute atomic E-state index is 0.383. The molecule has 0 saturated carbocycles. The van der Waals surface area contributed by atoms with Crippen molar-refractivity contribution < 1.29 is 13.9 Å². The summed E-state index contributed by atoms with van der Waals surface area (Å²) < 4.78 is 18.3. The summed E-state index contributed by atoms with van der Waals surface area (Å²) in [5.74, 6) is 5.22. The van der Waals surface area contributed by atoms with Gasteiger partial charge in [0.2, 0.25) is 5.89 Å². The SMILES string of the molecule is C#CCC(C)(C)c1nnc(-c2cc(OCCCCCC)c(C)cc2OCCCCC)o1. The monoisotopic (exact) mass is 426 g/mol. The Labute approximate surface area is 187 Å². The fourth-order valence-corrected chi connectivity index (χ4v) is 3.29. The van der Waals surface area contributed by atoms with Crippen molar-refractivity contribution in [1.82, 2.24) is 10.2 Å². The summed E-state index contributed by atoms with van der Waals surface area (Å²) in [4.78, 5) is 0. The van der Waals surface area contributed by atoms with Crippen LogP contribution in [-0.2, 0) is 5.41 Å². The summed E-state index contributed by atoms with van der Waals surface area (Å²) in [6.45, 7) is 11.8. The quantitative estimate of drug-likeness (QED) is 0.243. The Morgan fingerprint density at radius 2 is 1.58 bits per heavy atom. The Morgan fingerprint density at radius 1 is 0.935 bits per heavy atom. The van der Waals surface area contributed by atoms with Gasteiger partial charge in [0.1, 0.15) is 11.5 Å². The van der Waals surface area contributed by atoms with E-state index in [0.717, 1.165) is 48.3 Å². The molecule has 0 aliphatic heterocycles. The van der Waals surface area contributed by atoms with Crippen LogP contribution in [0.5, 0.6) is 11.5 Å². The average molecular weight is 427 g/mol. The zero-order valence-electron chi connectivity index (χ0n) is 19.9. The Balaban J connectivity index is 2.29. The molecule has 0 fully saturated rings. The molecule has 0 bridgehead atoms. The molecule has 2 rings (SSSR count). The summed E-state index contributed by atoms with van der Waals surface area (Å²) in [5.41, 5.74) is 1.42. The molecule has 5 heteroatoms. The second-order valence-electron chi connectivity index (χ2n) is 8.76. The van der Waals surface area contributed by atoms with Gasteiger partial charge < -0.3 is 13.9 Å². The van der Waals surface area contributed by atoms with Gasteiger partial charge in [0.05, 0.1) is 24.2 Å². The normalized spacial score (nSPS) is 11.4. The molecule has 0 saturated heterocycles. The number of hydrogen-bond acceptors (Lipinski definition) is 5. The first-order chi connectivity index (χ1) is 14.9. The highest BCUT2D eigenvalue weighted by Crippen LogP contribution is 2.37. The number of hydrogen-bond donors (Lipinski definition) is 0. The number of ether oxygens (including phenoxy) is 2. The molecule has 0 atom stereocenters. The summed E-state index contributed by atoms with van der Waals surface area (Å²) in [6, 6.07) is 3.98. The van der Waals surface area contributed by atoms with Crippen molar-refractivity contribution in [3.8, 4) is 35.3 Å². The first kappa shape index (κ1) is 24.8. The van der Waals surface area contributed by atoms with Crippen molar-refractivity contribution in [2.45, 2.75) is 91.4 Å². The molecular formula is C26H38N2O3. The van der Waals surface area contributed by atoms with Gasteiger partial charge in [-0.3, -0.25) is 0 Å². The lowest BCUT2D eigenvalue weighted by Crippen LogP contribution is -2.16. The van der Waals surface area contributed by atoms with E-state index >= 15 is 0 Å². The molecule has 0 spiro atoms. The van der Waals surface area contributed by atoms with Gasteiger partial charge in [-0.05, 0) is 37.5 Å². The van der Waals surface area contributed by atoms with E-state index in [1.165, 1.54) is 19.3 Å². The Hall–Kier alpha value is -2.48. The number of aromatic nitrogens is 2. The van der Waals surface area contributed by atoms with E-state index in [9.17, 15) is 0 Å². The topological polar surface area (TPSA) is 57.4 Å². The lowest BCUT2D eigenvalue weighted by atomic mass is 9.90. The molecule has 0 aliphatic carbocycles.